The topological polar surface area (TPSA) is 82.5 Å². The molecule has 1 aromatic heterocycles. The molecule has 156 valence electrons. The smallest absolute Gasteiger partial charge is 0.308 e. The van der Waals surface area contributed by atoms with Crippen LogP contribution in [0.2, 0.25) is 0 Å². The highest BCUT2D eigenvalue weighted by molar-refractivity contribution is 7.80. The number of nitrogens with one attached hydrogen (secondary N) is 1. The van der Waals surface area contributed by atoms with Crippen LogP contribution in [-0.2, 0) is 4.79 Å². The van der Waals surface area contributed by atoms with Gasteiger partial charge in [-0.2, -0.15) is 0 Å². The molecule has 0 unspecified atom stereocenters. The number of hydrogen-bond donors (Lipinski definition) is 3. The molecule has 5 aliphatic rings. The molecule has 7 heteroatoms. The van der Waals surface area contributed by atoms with Gasteiger partial charge >= 0.3 is 5.97 Å². The Bertz CT molecular complexity index is 830. The summed E-state index contributed by atoms with van der Waals surface area (Å²) in [6.45, 7) is 2.94. The van der Waals surface area contributed by atoms with E-state index in [0.29, 0.717) is 59.4 Å². The third-order valence-corrected chi connectivity index (χ3v) is 8.11. The van der Waals surface area contributed by atoms with E-state index >= 15 is 0 Å². The molecular weight excluding hydrogens is 386 g/mol. The Morgan fingerprint density at radius 2 is 1.83 bits per heavy atom. The van der Waals surface area contributed by atoms with Gasteiger partial charge in [0.2, 0.25) is 0 Å². The lowest BCUT2D eigenvalue weighted by molar-refractivity contribution is -0.140. The van der Waals surface area contributed by atoms with E-state index in [1.807, 2.05) is 11.8 Å². The summed E-state index contributed by atoms with van der Waals surface area (Å²) >= 11 is 4.58. The van der Waals surface area contributed by atoms with Gasteiger partial charge in [0, 0.05) is 24.0 Å². The quantitative estimate of drug-likeness (QED) is 0.658. The van der Waals surface area contributed by atoms with Gasteiger partial charge in [-0.15, -0.1) is 12.6 Å². The minimum absolute atomic E-state index is 0.0424. The molecule has 4 aliphatic carbocycles. The van der Waals surface area contributed by atoms with E-state index in [0.717, 1.165) is 11.8 Å². The molecule has 5 fully saturated rings. The molecule has 1 aromatic rings. The zero-order valence-corrected chi connectivity index (χ0v) is 17.7. The number of carboxylic acids is 1. The lowest BCUT2D eigenvalue weighted by Crippen LogP contribution is -2.55. The lowest BCUT2D eigenvalue weighted by atomic mass is 9.54. The Kier molecular flexibility index (Phi) is 4.76. The molecule has 0 aromatic carbocycles. The molecule has 6 rings (SSSR count). The van der Waals surface area contributed by atoms with Crippen molar-refractivity contribution in [3.63, 3.8) is 0 Å². The van der Waals surface area contributed by atoms with Crippen molar-refractivity contribution in [1.29, 1.82) is 0 Å². The number of aryl methyl sites for hydroxylation is 1. The normalized spacial score (nSPS) is 35.2. The fourth-order valence-corrected chi connectivity index (χ4v) is 6.91. The third kappa shape index (κ3) is 3.41. The van der Waals surface area contributed by atoms with Crippen LogP contribution in [0.15, 0.2) is 11.0 Å². The van der Waals surface area contributed by atoms with Crippen LogP contribution in [0.1, 0.15) is 54.6 Å². The SMILES string of the molecule is Cc1nc(N2CC[C@@H](C(=O)O)C2)c(S)cc1C(=O)NC1C2CC3CC(C2)CC1C3. The fourth-order valence-electron chi connectivity index (χ4n) is 6.59. The van der Waals surface area contributed by atoms with Gasteiger partial charge in [-0.1, -0.05) is 0 Å². The van der Waals surface area contributed by atoms with Crippen molar-refractivity contribution in [3.05, 3.63) is 17.3 Å². The number of anilines is 1. The Morgan fingerprint density at radius 3 is 2.41 bits per heavy atom. The highest BCUT2D eigenvalue weighted by Crippen LogP contribution is 2.53. The monoisotopic (exact) mass is 415 g/mol. The van der Waals surface area contributed by atoms with Crippen LogP contribution in [0, 0.1) is 36.5 Å². The number of carbonyl (C=O) groups excluding carboxylic acids is 1. The molecule has 1 atom stereocenters. The van der Waals surface area contributed by atoms with Crippen molar-refractivity contribution < 1.29 is 14.7 Å². The molecule has 2 heterocycles. The summed E-state index contributed by atoms with van der Waals surface area (Å²) in [6.07, 6.45) is 7.09. The van der Waals surface area contributed by atoms with E-state index in [9.17, 15) is 14.7 Å². The van der Waals surface area contributed by atoms with Gasteiger partial charge in [0.25, 0.3) is 5.91 Å². The summed E-state index contributed by atoms with van der Waals surface area (Å²) in [6, 6.07) is 2.10. The standard InChI is InChI=1S/C22H29N3O3S/c1-11-17(9-18(29)20(23-11)25-3-2-14(10-25)22(27)28)21(26)24-19-15-5-12-4-13(7-15)8-16(19)6-12/h9,12-16,19,29H,2-8,10H2,1H3,(H,24,26)(H,27,28)/t12?,13?,14-,15?,16?,19?/m1/s1. The number of amides is 1. The van der Waals surface area contributed by atoms with Gasteiger partial charge in [0.1, 0.15) is 5.82 Å². The fraction of sp³-hybridized carbons (Fsp3) is 0.682. The van der Waals surface area contributed by atoms with Crippen LogP contribution in [-0.4, -0.2) is 41.1 Å². The average Bonchev–Trinajstić information content (AvgIpc) is 3.15. The number of nitrogens with zero attached hydrogens (tertiary/aromatic N) is 2. The maximum absolute atomic E-state index is 13.1. The van der Waals surface area contributed by atoms with Crippen LogP contribution in [0.3, 0.4) is 0 Å². The number of aromatic nitrogens is 1. The molecule has 1 saturated heterocycles. The van der Waals surface area contributed by atoms with Crippen molar-refractivity contribution in [2.75, 3.05) is 18.0 Å². The van der Waals surface area contributed by atoms with Gasteiger partial charge < -0.3 is 15.3 Å². The second-order valence-corrected chi connectivity index (χ2v) is 10.1. The zero-order chi connectivity index (χ0) is 20.3. The van der Waals surface area contributed by atoms with Crippen LogP contribution >= 0.6 is 12.6 Å². The van der Waals surface area contributed by atoms with E-state index in [4.69, 9.17) is 0 Å². The number of thiol groups is 1. The number of pyridine rings is 1. The molecule has 0 radical (unpaired) electrons. The van der Waals surface area contributed by atoms with E-state index in [-0.39, 0.29) is 11.8 Å². The Morgan fingerprint density at radius 1 is 1.17 bits per heavy atom. The van der Waals surface area contributed by atoms with Crippen molar-refractivity contribution >= 4 is 30.3 Å². The van der Waals surface area contributed by atoms with Crippen molar-refractivity contribution in [2.45, 2.75) is 56.4 Å². The molecule has 1 amide bonds. The maximum atomic E-state index is 13.1. The Balaban J connectivity index is 1.32. The molecule has 0 spiro atoms. The summed E-state index contributed by atoms with van der Waals surface area (Å²) in [4.78, 5) is 31.6. The summed E-state index contributed by atoms with van der Waals surface area (Å²) < 4.78 is 0. The number of aliphatic carboxylic acids is 1. The molecule has 4 saturated carbocycles. The third-order valence-electron chi connectivity index (χ3n) is 7.78. The van der Waals surface area contributed by atoms with Crippen LogP contribution in [0.25, 0.3) is 0 Å². The minimum Gasteiger partial charge on any atom is -0.481 e. The first-order chi connectivity index (χ1) is 13.9. The van der Waals surface area contributed by atoms with E-state index in [1.165, 1.54) is 32.1 Å². The zero-order valence-electron chi connectivity index (χ0n) is 16.8. The molecule has 2 N–H and O–H groups in total. The van der Waals surface area contributed by atoms with E-state index < -0.39 is 5.97 Å². The van der Waals surface area contributed by atoms with Crippen LogP contribution in [0.5, 0.6) is 0 Å². The average molecular weight is 416 g/mol. The lowest BCUT2D eigenvalue weighted by Gasteiger charge is -2.54. The summed E-state index contributed by atoms with van der Waals surface area (Å²) in [5, 5.41) is 12.6. The molecule has 1 aliphatic heterocycles. The first-order valence-electron chi connectivity index (χ1n) is 10.9. The number of rotatable bonds is 4. The molecular formula is C22H29N3O3S. The van der Waals surface area contributed by atoms with Gasteiger partial charge in [0.05, 0.1) is 17.2 Å². The maximum Gasteiger partial charge on any atom is 0.308 e. The highest BCUT2D eigenvalue weighted by Gasteiger charge is 2.48. The predicted octanol–water partition coefficient (Wildman–Crippen LogP) is 3.14. The van der Waals surface area contributed by atoms with Crippen LogP contribution < -0.4 is 10.2 Å². The summed E-state index contributed by atoms with van der Waals surface area (Å²) in [5.74, 6) is 2.53. The first-order valence-corrected chi connectivity index (χ1v) is 11.3. The van der Waals surface area contributed by atoms with Crippen LogP contribution in [0.4, 0.5) is 5.82 Å². The van der Waals surface area contributed by atoms with Gasteiger partial charge in [-0.3, -0.25) is 9.59 Å². The van der Waals surface area contributed by atoms with E-state index in [2.05, 4.69) is 22.9 Å². The minimum atomic E-state index is -0.767. The second kappa shape index (κ2) is 7.18. The molecule has 6 nitrogen and oxygen atoms in total. The molecule has 29 heavy (non-hydrogen) atoms. The van der Waals surface area contributed by atoms with Gasteiger partial charge in [-0.25, -0.2) is 4.98 Å². The number of hydrogen-bond acceptors (Lipinski definition) is 5. The summed E-state index contributed by atoms with van der Waals surface area (Å²) in [5.41, 5.74) is 1.26. The molecule has 4 bridgehead atoms. The van der Waals surface area contributed by atoms with Crippen molar-refractivity contribution in [1.82, 2.24) is 10.3 Å². The number of carboxylic acid groups (broad SMARTS) is 1. The van der Waals surface area contributed by atoms with Crippen molar-refractivity contribution in [3.8, 4) is 0 Å². The van der Waals surface area contributed by atoms with Crippen molar-refractivity contribution in [2.24, 2.45) is 29.6 Å². The summed E-state index contributed by atoms with van der Waals surface area (Å²) in [7, 11) is 0. The number of carbonyl (C=O) groups is 2. The highest BCUT2D eigenvalue weighted by atomic mass is 32.1. The Hall–Kier alpha value is -1.76. The van der Waals surface area contributed by atoms with E-state index in [1.54, 1.807) is 6.07 Å². The Labute approximate surface area is 176 Å². The van der Waals surface area contributed by atoms with Gasteiger partial charge in [0.15, 0.2) is 0 Å². The largest absolute Gasteiger partial charge is 0.481 e. The second-order valence-electron chi connectivity index (χ2n) is 9.66. The predicted molar refractivity (Wildman–Crippen MR) is 112 cm³/mol. The van der Waals surface area contributed by atoms with Gasteiger partial charge in [-0.05, 0) is 75.2 Å². The first kappa shape index (κ1) is 19.2.